The number of amides is 1. The molecule has 3 N–H and O–H groups in total. The molecule has 1 heterocycles. The number of rotatable bonds is 5. The third kappa shape index (κ3) is 3.36. The number of ether oxygens (including phenoxy) is 1. The van der Waals surface area contributed by atoms with Crippen LogP contribution in [0.3, 0.4) is 0 Å². The van der Waals surface area contributed by atoms with Gasteiger partial charge in [-0.3, -0.25) is 4.79 Å². The topological polar surface area (TPSA) is 64.3 Å². The minimum Gasteiger partial charge on any atom is -0.397 e. The van der Waals surface area contributed by atoms with E-state index >= 15 is 0 Å². The van der Waals surface area contributed by atoms with Crippen LogP contribution in [0.2, 0.25) is 0 Å². The average molecular weight is 306 g/mol. The molecule has 1 atom stereocenters. The third-order valence-electron chi connectivity index (χ3n) is 3.56. The summed E-state index contributed by atoms with van der Waals surface area (Å²) in [6.45, 7) is 6.64. The van der Waals surface area contributed by atoms with E-state index < -0.39 is 0 Å². The Hall–Kier alpha value is -1.59. The molecule has 21 heavy (non-hydrogen) atoms. The number of benzene rings is 1. The van der Waals surface area contributed by atoms with Gasteiger partial charge in [-0.2, -0.15) is 0 Å². The number of thiophene rings is 1. The summed E-state index contributed by atoms with van der Waals surface area (Å²) in [7, 11) is 1.64. The van der Waals surface area contributed by atoms with Crippen molar-refractivity contribution in [2.45, 2.75) is 26.8 Å². The zero-order chi connectivity index (χ0) is 15.6. The number of nitrogen functional groups attached to an aromatic ring is 1. The van der Waals surface area contributed by atoms with Crippen molar-refractivity contribution in [3.05, 3.63) is 28.6 Å². The Bertz CT molecular complexity index is 649. The highest BCUT2D eigenvalue weighted by Gasteiger charge is 2.21. The van der Waals surface area contributed by atoms with E-state index in [-0.39, 0.29) is 11.9 Å². The first-order valence-electron chi connectivity index (χ1n) is 7.02. The lowest BCUT2D eigenvalue weighted by Crippen LogP contribution is -2.41. The minimum atomic E-state index is -0.123. The fraction of sp³-hybridized carbons (Fsp3) is 0.438. The summed E-state index contributed by atoms with van der Waals surface area (Å²) in [6, 6.07) is 6.02. The molecule has 0 aliphatic rings. The molecule has 0 aliphatic carbocycles. The summed E-state index contributed by atoms with van der Waals surface area (Å²) in [5.74, 6) is 0.175. The van der Waals surface area contributed by atoms with Crippen LogP contribution in [0, 0.1) is 12.8 Å². The van der Waals surface area contributed by atoms with Crippen LogP contribution in [0.5, 0.6) is 0 Å². The normalized spacial score (nSPS) is 12.8. The molecule has 114 valence electrons. The van der Waals surface area contributed by atoms with Gasteiger partial charge in [-0.1, -0.05) is 26.0 Å². The Morgan fingerprint density at radius 3 is 2.76 bits per heavy atom. The Morgan fingerprint density at radius 1 is 1.43 bits per heavy atom. The maximum absolute atomic E-state index is 12.5. The molecule has 4 nitrogen and oxygen atoms in total. The fourth-order valence-corrected chi connectivity index (χ4v) is 3.33. The number of nitrogens with two attached hydrogens (primary N) is 1. The first kappa shape index (κ1) is 15.8. The van der Waals surface area contributed by atoms with E-state index in [1.54, 1.807) is 7.11 Å². The molecule has 1 aromatic heterocycles. The lowest BCUT2D eigenvalue weighted by molar-refractivity contribution is 0.0871. The molecule has 2 aromatic rings. The van der Waals surface area contributed by atoms with Gasteiger partial charge in [-0.15, -0.1) is 11.3 Å². The van der Waals surface area contributed by atoms with E-state index in [1.165, 1.54) is 11.3 Å². The molecule has 1 unspecified atom stereocenters. The lowest BCUT2D eigenvalue weighted by atomic mass is 10.1. The second-order valence-electron chi connectivity index (χ2n) is 5.62. The van der Waals surface area contributed by atoms with E-state index in [2.05, 4.69) is 25.2 Å². The zero-order valence-corrected chi connectivity index (χ0v) is 13.7. The van der Waals surface area contributed by atoms with Gasteiger partial charge in [0.2, 0.25) is 0 Å². The number of carbonyl (C=O) groups excluding carboxylic acids is 1. The molecule has 1 amide bonds. The maximum atomic E-state index is 12.5. The van der Waals surface area contributed by atoms with Crippen molar-refractivity contribution < 1.29 is 9.53 Å². The van der Waals surface area contributed by atoms with Gasteiger partial charge in [-0.25, -0.2) is 0 Å². The van der Waals surface area contributed by atoms with Gasteiger partial charge in [0, 0.05) is 17.2 Å². The van der Waals surface area contributed by atoms with Crippen LogP contribution in [0.1, 0.15) is 29.1 Å². The van der Waals surface area contributed by atoms with E-state index in [0.29, 0.717) is 23.1 Å². The first-order chi connectivity index (χ1) is 9.93. The van der Waals surface area contributed by atoms with Crippen LogP contribution in [-0.2, 0) is 4.74 Å². The van der Waals surface area contributed by atoms with Gasteiger partial charge in [0.1, 0.15) is 4.88 Å². The van der Waals surface area contributed by atoms with Crippen LogP contribution in [0.15, 0.2) is 18.2 Å². The van der Waals surface area contributed by atoms with Crippen LogP contribution in [0.4, 0.5) is 5.69 Å². The van der Waals surface area contributed by atoms with Crippen molar-refractivity contribution >= 4 is 33.0 Å². The quantitative estimate of drug-likeness (QED) is 0.891. The van der Waals surface area contributed by atoms with E-state index in [1.807, 2.05) is 19.1 Å². The maximum Gasteiger partial charge on any atom is 0.263 e. The number of nitrogens with one attached hydrogen (secondary N) is 1. The Kier molecular flexibility index (Phi) is 4.85. The van der Waals surface area contributed by atoms with Gasteiger partial charge >= 0.3 is 0 Å². The number of hydrogen-bond acceptors (Lipinski definition) is 4. The summed E-state index contributed by atoms with van der Waals surface area (Å²) in [6.07, 6.45) is 0. The van der Waals surface area contributed by atoms with E-state index in [9.17, 15) is 4.79 Å². The Balaban J connectivity index is 2.28. The monoisotopic (exact) mass is 306 g/mol. The molecule has 5 heteroatoms. The van der Waals surface area contributed by atoms with Crippen molar-refractivity contribution in [1.82, 2.24) is 5.32 Å². The summed E-state index contributed by atoms with van der Waals surface area (Å²) < 4.78 is 6.21. The number of methoxy groups -OCH3 is 1. The SMILES string of the molecule is COCC(NC(=O)c1sc2cc(C)ccc2c1N)C(C)C. The van der Waals surface area contributed by atoms with Crippen molar-refractivity contribution in [1.29, 1.82) is 0 Å². The Morgan fingerprint density at radius 2 is 2.14 bits per heavy atom. The van der Waals surface area contributed by atoms with Gasteiger partial charge in [0.25, 0.3) is 5.91 Å². The summed E-state index contributed by atoms with van der Waals surface area (Å²) in [5, 5.41) is 3.96. The van der Waals surface area contributed by atoms with Crippen molar-refractivity contribution in [2.75, 3.05) is 19.5 Å². The summed E-state index contributed by atoms with van der Waals surface area (Å²) >= 11 is 1.44. The molecule has 0 saturated carbocycles. The molecule has 2 rings (SSSR count). The number of carbonyl (C=O) groups is 1. The summed E-state index contributed by atoms with van der Waals surface area (Å²) in [5.41, 5.74) is 7.86. The number of anilines is 1. The smallest absolute Gasteiger partial charge is 0.263 e. The molecule has 0 radical (unpaired) electrons. The van der Waals surface area contributed by atoms with Gasteiger partial charge < -0.3 is 15.8 Å². The van der Waals surface area contributed by atoms with E-state index in [0.717, 1.165) is 15.6 Å². The highest BCUT2D eigenvalue weighted by atomic mass is 32.1. The average Bonchev–Trinajstić information content (AvgIpc) is 2.74. The number of hydrogen-bond donors (Lipinski definition) is 2. The molecular weight excluding hydrogens is 284 g/mol. The van der Waals surface area contributed by atoms with Crippen LogP contribution in [-0.4, -0.2) is 25.7 Å². The zero-order valence-electron chi connectivity index (χ0n) is 12.9. The standard InChI is InChI=1S/C16H22N2O2S/c1-9(2)12(8-20-4)18-16(19)15-14(17)11-6-5-10(3)7-13(11)21-15/h5-7,9,12H,8,17H2,1-4H3,(H,18,19). The van der Waals surface area contributed by atoms with Crippen LogP contribution < -0.4 is 11.1 Å². The second-order valence-corrected chi connectivity index (χ2v) is 6.68. The largest absolute Gasteiger partial charge is 0.397 e. The minimum absolute atomic E-state index is 0.0196. The predicted molar refractivity (Wildman–Crippen MR) is 88.9 cm³/mol. The van der Waals surface area contributed by atoms with Crippen molar-refractivity contribution in [3.63, 3.8) is 0 Å². The van der Waals surface area contributed by atoms with Gasteiger partial charge in [-0.05, 0) is 24.5 Å². The third-order valence-corrected chi connectivity index (χ3v) is 4.72. The first-order valence-corrected chi connectivity index (χ1v) is 7.84. The van der Waals surface area contributed by atoms with Crippen molar-refractivity contribution in [2.24, 2.45) is 5.92 Å². The number of fused-ring (bicyclic) bond motifs is 1. The molecular formula is C16H22N2O2S. The summed E-state index contributed by atoms with van der Waals surface area (Å²) in [4.78, 5) is 13.1. The second kappa shape index (κ2) is 6.45. The van der Waals surface area contributed by atoms with Crippen LogP contribution in [0.25, 0.3) is 10.1 Å². The molecule has 0 spiro atoms. The molecule has 0 fully saturated rings. The fourth-order valence-electron chi connectivity index (χ4n) is 2.21. The highest BCUT2D eigenvalue weighted by Crippen LogP contribution is 2.34. The lowest BCUT2D eigenvalue weighted by Gasteiger charge is -2.21. The number of aryl methyl sites for hydroxylation is 1. The van der Waals surface area contributed by atoms with Crippen molar-refractivity contribution in [3.8, 4) is 0 Å². The Labute approximate surface area is 129 Å². The molecule has 0 aliphatic heterocycles. The van der Waals surface area contributed by atoms with Crippen LogP contribution >= 0.6 is 11.3 Å². The molecule has 0 bridgehead atoms. The predicted octanol–water partition coefficient (Wildman–Crippen LogP) is 3.19. The van der Waals surface area contributed by atoms with E-state index in [4.69, 9.17) is 10.5 Å². The molecule has 1 aromatic carbocycles. The highest BCUT2D eigenvalue weighted by molar-refractivity contribution is 7.21. The molecule has 0 saturated heterocycles. The van der Waals surface area contributed by atoms with Gasteiger partial charge in [0.05, 0.1) is 18.3 Å². The van der Waals surface area contributed by atoms with Gasteiger partial charge in [0.15, 0.2) is 0 Å².